The van der Waals surface area contributed by atoms with Crippen molar-refractivity contribution in [3.8, 4) is 28.3 Å². The number of nitrogens with zero attached hydrogens (tertiary/aromatic N) is 2. The summed E-state index contributed by atoms with van der Waals surface area (Å²) in [5.74, 6) is 1.32. The minimum absolute atomic E-state index is 0.0771. The van der Waals surface area contributed by atoms with Crippen LogP contribution < -0.4 is 11.1 Å². The van der Waals surface area contributed by atoms with Crippen molar-refractivity contribution in [2.75, 3.05) is 11.9 Å². The molecule has 3 aromatic rings. The first-order chi connectivity index (χ1) is 12.2. The summed E-state index contributed by atoms with van der Waals surface area (Å²) in [4.78, 5) is 8.82. The Morgan fingerprint density at radius 2 is 1.88 bits per heavy atom. The standard InChI is InChI=1S/C20H22N4O/c1-2-16(21)13-23-19-10-11-22-20(24-19)17-12-15(8-9-18(17)25)14-6-4-3-5-7-14/h3-12,16,25H,2,13,21H2,1H3,(H,22,23,24)/t16-/m1/s1. The van der Waals surface area contributed by atoms with Crippen molar-refractivity contribution in [3.05, 3.63) is 60.8 Å². The largest absolute Gasteiger partial charge is 0.507 e. The summed E-state index contributed by atoms with van der Waals surface area (Å²) in [6, 6.07) is 17.3. The summed E-state index contributed by atoms with van der Waals surface area (Å²) in [5, 5.41) is 13.5. The molecule has 0 unspecified atom stereocenters. The maximum Gasteiger partial charge on any atom is 0.165 e. The number of nitrogens with one attached hydrogen (secondary N) is 1. The molecule has 0 aliphatic carbocycles. The molecule has 0 saturated carbocycles. The number of anilines is 1. The first-order valence-corrected chi connectivity index (χ1v) is 8.38. The highest BCUT2D eigenvalue weighted by Gasteiger charge is 2.10. The van der Waals surface area contributed by atoms with Gasteiger partial charge in [-0.15, -0.1) is 0 Å². The maximum absolute atomic E-state index is 10.3. The number of phenols is 1. The molecule has 1 heterocycles. The fourth-order valence-corrected chi connectivity index (χ4v) is 2.49. The minimum atomic E-state index is 0.0771. The van der Waals surface area contributed by atoms with Crippen LogP contribution in [0.25, 0.3) is 22.5 Å². The van der Waals surface area contributed by atoms with Gasteiger partial charge in [0.2, 0.25) is 0 Å². The van der Waals surface area contributed by atoms with Gasteiger partial charge in [-0.3, -0.25) is 0 Å². The lowest BCUT2D eigenvalue weighted by atomic mass is 10.0. The molecule has 1 aromatic heterocycles. The average molecular weight is 334 g/mol. The third-order valence-corrected chi connectivity index (χ3v) is 4.07. The molecule has 0 radical (unpaired) electrons. The number of nitrogens with two attached hydrogens (primary N) is 1. The van der Waals surface area contributed by atoms with Gasteiger partial charge in [0.05, 0.1) is 5.56 Å². The maximum atomic E-state index is 10.3. The van der Waals surface area contributed by atoms with Crippen LogP contribution in [0, 0.1) is 0 Å². The number of hydrogen-bond acceptors (Lipinski definition) is 5. The molecule has 25 heavy (non-hydrogen) atoms. The Kier molecular flexibility index (Phi) is 5.26. The Hall–Kier alpha value is -2.92. The van der Waals surface area contributed by atoms with Crippen molar-refractivity contribution in [3.63, 3.8) is 0 Å². The van der Waals surface area contributed by atoms with Crippen molar-refractivity contribution in [2.45, 2.75) is 19.4 Å². The van der Waals surface area contributed by atoms with Crippen LogP contribution in [0.15, 0.2) is 60.8 Å². The van der Waals surface area contributed by atoms with Crippen molar-refractivity contribution in [2.24, 2.45) is 5.73 Å². The van der Waals surface area contributed by atoms with Gasteiger partial charge in [0.1, 0.15) is 11.6 Å². The predicted molar refractivity (Wildman–Crippen MR) is 101 cm³/mol. The van der Waals surface area contributed by atoms with E-state index in [9.17, 15) is 5.11 Å². The van der Waals surface area contributed by atoms with Gasteiger partial charge >= 0.3 is 0 Å². The smallest absolute Gasteiger partial charge is 0.165 e. The molecule has 0 aliphatic heterocycles. The molecule has 5 nitrogen and oxygen atoms in total. The van der Waals surface area contributed by atoms with E-state index in [-0.39, 0.29) is 11.8 Å². The quantitative estimate of drug-likeness (QED) is 0.640. The SMILES string of the molecule is CC[C@@H](N)CNc1ccnc(-c2cc(-c3ccccc3)ccc2O)n1. The van der Waals surface area contributed by atoms with E-state index in [4.69, 9.17) is 5.73 Å². The molecular weight excluding hydrogens is 312 g/mol. The first-order valence-electron chi connectivity index (χ1n) is 8.38. The van der Waals surface area contributed by atoms with Crippen LogP contribution in [0.5, 0.6) is 5.75 Å². The van der Waals surface area contributed by atoms with Crippen LogP contribution in [0.3, 0.4) is 0 Å². The molecular formula is C20H22N4O. The molecule has 3 rings (SSSR count). The fourth-order valence-electron chi connectivity index (χ4n) is 2.49. The molecule has 0 bridgehead atoms. The van der Waals surface area contributed by atoms with Crippen LogP contribution >= 0.6 is 0 Å². The Balaban J connectivity index is 1.91. The summed E-state index contributed by atoms with van der Waals surface area (Å²) < 4.78 is 0. The highest BCUT2D eigenvalue weighted by molar-refractivity contribution is 5.74. The van der Waals surface area contributed by atoms with E-state index in [1.165, 1.54) is 0 Å². The van der Waals surface area contributed by atoms with Gasteiger partial charge in [-0.05, 0) is 35.7 Å². The Bertz CT molecular complexity index is 836. The van der Waals surface area contributed by atoms with Crippen LogP contribution in [-0.2, 0) is 0 Å². The van der Waals surface area contributed by atoms with Gasteiger partial charge in [-0.1, -0.05) is 43.3 Å². The monoisotopic (exact) mass is 334 g/mol. The van der Waals surface area contributed by atoms with Crippen molar-refractivity contribution >= 4 is 5.82 Å². The molecule has 128 valence electrons. The topological polar surface area (TPSA) is 84.1 Å². The van der Waals surface area contributed by atoms with E-state index >= 15 is 0 Å². The zero-order valence-electron chi connectivity index (χ0n) is 14.2. The second-order valence-corrected chi connectivity index (χ2v) is 5.91. The van der Waals surface area contributed by atoms with Crippen LogP contribution in [0.4, 0.5) is 5.82 Å². The third kappa shape index (κ3) is 4.14. The zero-order valence-corrected chi connectivity index (χ0v) is 14.2. The number of phenolic OH excluding ortho intramolecular Hbond substituents is 1. The minimum Gasteiger partial charge on any atom is -0.507 e. The second-order valence-electron chi connectivity index (χ2n) is 5.91. The Morgan fingerprint density at radius 1 is 1.08 bits per heavy atom. The molecule has 0 saturated heterocycles. The summed E-state index contributed by atoms with van der Waals surface area (Å²) >= 11 is 0. The lowest BCUT2D eigenvalue weighted by molar-refractivity contribution is 0.477. The number of hydrogen-bond donors (Lipinski definition) is 3. The lowest BCUT2D eigenvalue weighted by Gasteiger charge is -2.12. The Morgan fingerprint density at radius 3 is 2.64 bits per heavy atom. The summed E-state index contributed by atoms with van der Waals surface area (Å²) in [6.07, 6.45) is 2.57. The third-order valence-electron chi connectivity index (χ3n) is 4.07. The highest BCUT2D eigenvalue weighted by Crippen LogP contribution is 2.32. The van der Waals surface area contributed by atoms with E-state index in [2.05, 4.69) is 15.3 Å². The lowest BCUT2D eigenvalue weighted by Crippen LogP contribution is -2.28. The number of aromatic hydroxyl groups is 1. The van der Waals surface area contributed by atoms with E-state index < -0.39 is 0 Å². The normalized spacial score (nSPS) is 11.9. The van der Waals surface area contributed by atoms with Crippen molar-refractivity contribution < 1.29 is 5.11 Å². The molecule has 0 spiro atoms. The summed E-state index contributed by atoms with van der Waals surface area (Å²) in [7, 11) is 0. The average Bonchev–Trinajstić information content (AvgIpc) is 2.67. The van der Waals surface area contributed by atoms with Crippen molar-refractivity contribution in [1.29, 1.82) is 0 Å². The van der Waals surface area contributed by atoms with Crippen LogP contribution in [-0.4, -0.2) is 27.7 Å². The first kappa shape index (κ1) is 16.9. The number of benzene rings is 2. The molecule has 1 atom stereocenters. The van der Waals surface area contributed by atoms with E-state index in [1.807, 2.05) is 49.4 Å². The van der Waals surface area contributed by atoms with Crippen LogP contribution in [0.1, 0.15) is 13.3 Å². The summed E-state index contributed by atoms with van der Waals surface area (Å²) in [6.45, 7) is 2.69. The molecule has 0 aliphatic rings. The predicted octanol–water partition coefficient (Wildman–Crippen LogP) is 3.67. The van der Waals surface area contributed by atoms with Crippen molar-refractivity contribution in [1.82, 2.24) is 9.97 Å². The molecule has 4 N–H and O–H groups in total. The van der Waals surface area contributed by atoms with Crippen LogP contribution in [0.2, 0.25) is 0 Å². The fraction of sp³-hybridized carbons (Fsp3) is 0.200. The molecule has 0 amide bonds. The van der Waals surface area contributed by atoms with Gasteiger partial charge in [0.25, 0.3) is 0 Å². The number of aromatic nitrogens is 2. The molecule has 5 heteroatoms. The number of rotatable bonds is 6. The van der Waals surface area contributed by atoms with E-state index in [0.29, 0.717) is 23.8 Å². The second kappa shape index (κ2) is 7.77. The summed E-state index contributed by atoms with van der Waals surface area (Å²) in [5.41, 5.74) is 8.61. The van der Waals surface area contributed by atoms with E-state index in [1.54, 1.807) is 18.3 Å². The molecule has 0 fully saturated rings. The zero-order chi connectivity index (χ0) is 17.6. The van der Waals surface area contributed by atoms with Gasteiger partial charge < -0.3 is 16.2 Å². The highest BCUT2D eigenvalue weighted by atomic mass is 16.3. The van der Waals surface area contributed by atoms with Gasteiger partial charge in [0.15, 0.2) is 5.82 Å². The van der Waals surface area contributed by atoms with E-state index in [0.717, 1.165) is 17.5 Å². The van der Waals surface area contributed by atoms with Gasteiger partial charge in [-0.2, -0.15) is 0 Å². The van der Waals surface area contributed by atoms with Gasteiger partial charge in [-0.25, -0.2) is 9.97 Å². The molecule has 2 aromatic carbocycles. The Labute approximate surface area is 147 Å². The van der Waals surface area contributed by atoms with Gasteiger partial charge in [0, 0.05) is 18.8 Å².